The monoisotopic (exact) mass is 281 g/mol. The van der Waals surface area contributed by atoms with Gasteiger partial charge in [-0.2, -0.15) is 0 Å². The molecule has 7 nitrogen and oxygen atoms in total. The molecule has 0 spiro atoms. The molecule has 3 N–H and O–H groups in total. The summed E-state index contributed by atoms with van der Waals surface area (Å²) in [5.41, 5.74) is -0.0511. The van der Waals surface area contributed by atoms with Gasteiger partial charge in [0.15, 0.2) is 0 Å². The highest BCUT2D eigenvalue weighted by Crippen LogP contribution is 2.17. The van der Waals surface area contributed by atoms with E-state index in [1.165, 1.54) is 24.3 Å². The number of benzene rings is 1. The van der Waals surface area contributed by atoms with E-state index in [1.807, 2.05) is 13.8 Å². The maximum atomic E-state index is 11.8. The first kappa shape index (κ1) is 15.9. The summed E-state index contributed by atoms with van der Waals surface area (Å²) in [5, 5.41) is 24.9. The first-order chi connectivity index (χ1) is 9.40. The number of non-ortho nitro benzene ring substituents is 1. The predicted octanol–water partition coefficient (Wildman–Crippen LogP) is 2.27. The highest BCUT2D eigenvalue weighted by molar-refractivity contribution is 5.89. The van der Waals surface area contributed by atoms with Crippen molar-refractivity contribution < 1.29 is 14.8 Å². The zero-order valence-electron chi connectivity index (χ0n) is 11.5. The molecule has 1 rings (SSSR count). The number of nitrogens with one attached hydrogen (secondary N) is 2. The van der Waals surface area contributed by atoms with Crippen LogP contribution in [0.5, 0.6) is 0 Å². The van der Waals surface area contributed by atoms with Gasteiger partial charge in [-0.05, 0) is 31.9 Å². The fourth-order valence-corrected chi connectivity index (χ4v) is 1.68. The van der Waals surface area contributed by atoms with Crippen molar-refractivity contribution in [1.29, 1.82) is 0 Å². The third-order valence-electron chi connectivity index (χ3n) is 3.20. The number of aliphatic hydroxyl groups excluding tert-OH is 1. The number of aliphatic hydroxyl groups is 1. The lowest BCUT2D eigenvalue weighted by atomic mass is 9.95. The first-order valence-corrected chi connectivity index (χ1v) is 6.34. The second kappa shape index (κ2) is 6.85. The number of nitrogens with zero attached hydrogens (tertiary/aromatic N) is 1. The van der Waals surface area contributed by atoms with E-state index in [1.54, 1.807) is 0 Å². The van der Waals surface area contributed by atoms with Gasteiger partial charge in [0.1, 0.15) is 0 Å². The van der Waals surface area contributed by atoms with Crippen molar-refractivity contribution >= 4 is 17.4 Å². The van der Waals surface area contributed by atoms with E-state index in [-0.39, 0.29) is 12.3 Å². The zero-order chi connectivity index (χ0) is 15.2. The van der Waals surface area contributed by atoms with Crippen molar-refractivity contribution in [3.05, 3.63) is 34.4 Å². The highest BCUT2D eigenvalue weighted by Gasteiger charge is 2.23. The number of hydrogen-bond acceptors (Lipinski definition) is 4. The third kappa shape index (κ3) is 4.51. The van der Waals surface area contributed by atoms with Gasteiger partial charge in [-0.3, -0.25) is 10.1 Å². The largest absolute Gasteiger partial charge is 0.396 e. The van der Waals surface area contributed by atoms with Crippen molar-refractivity contribution in [2.24, 2.45) is 0 Å². The van der Waals surface area contributed by atoms with Crippen molar-refractivity contribution in [3.8, 4) is 0 Å². The molecular weight excluding hydrogens is 262 g/mol. The highest BCUT2D eigenvalue weighted by atomic mass is 16.6. The summed E-state index contributed by atoms with van der Waals surface area (Å²) in [7, 11) is 0. The number of anilines is 1. The molecule has 0 bridgehead atoms. The Labute approximate surface area is 117 Å². The van der Waals surface area contributed by atoms with Crippen LogP contribution in [0.2, 0.25) is 0 Å². The van der Waals surface area contributed by atoms with E-state index >= 15 is 0 Å². The molecule has 1 aromatic rings. The lowest BCUT2D eigenvalue weighted by Crippen LogP contribution is -2.48. The molecule has 2 amide bonds. The van der Waals surface area contributed by atoms with Gasteiger partial charge in [-0.25, -0.2) is 4.79 Å². The average molecular weight is 281 g/mol. The van der Waals surface area contributed by atoms with Gasteiger partial charge in [0.25, 0.3) is 5.69 Å². The topological polar surface area (TPSA) is 104 Å². The Kier molecular flexibility index (Phi) is 5.45. The van der Waals surface area contributed by atoms with Crippen LogP contribution < -0.4 is 10.6 Å². The molecule has 0 heterocycles. The van der Waals surface area contributed by atoms with E-state index in [0.29, 0.717) is 18.5 Å². The van der Waals surface area contributed by atoms with Crippen molar-refractivity contribution in [1.82, 2.24) is 5.32 Å². The summed E-state index contributed by atoms with van der Waals surface area (Å²) in [6.07, 6.45) is 1.14. The van der Waals surface area contributed by atoms with E-state index < -0.39 is 16.5 Å². The van der Waals surface area contributed by atoms with Crippen LogP contribution in [0.1, 0.15) is 26.7 Å². The van der Waals surface area contributed by atoms with Crippen LogP contribution >= 0.6 is 0 Å². The third-order valence-corrected chi connectivity index (χ3v) is 3.20. The molecule has 0 radical (unpaired) electrons. The van der Waals surface area contributed by atoms with Gasteiger partial charge >= 0.3 is 6.03 Å². The van der Waals surface area contributed by atoms with E-state index in [0.717, 1.165) is 0 Å². The van der Waals surface area contributed by atoms with Gasteiger partial charge in [-0.15, -0.1) is 0 Å². The Morgan fingerprint density at radius 2 is 2.00 bits per heavy atom. The quantitative estimate of drug-likeness (QED) is 0.549. The number of urea groups is 1. The smallest absolute Gasteiger partial charge is 0.319 e. The van der Waals surface area contributed by atoms with Crippen molar-refractivity contribution in [3.63, 3.8) is 0 Å². The Morgan fingerprint density at radius 3 is 2.45 bits per heavy atom. The van der Waals surface area contributed by atoms with Crippen LogP contribution in [0.3, 0.4) is 0 Å². The number of hydrogen-bond donors (Lipinski definition) is 3. The number of amides is 2. The van der Waals surface area contributed by atoms with Crippen LogP contribution in [-0.4, -0.2) is 28.2 Å². The predicted molar refractivity (Wildman–Crippen MR) is 75.6 cm³/mol. The zero-order valence-corrected chi connectivity index (χ0v) is 11.5. The van der Waals surface area contributed by atoms with Gasteiger partial charge in [0.2, 0.25) is 0 Å². The normalized spacial score (nSPS) is 13.3. The Bertz CT molecular complexity index is 475. The van der Waals surface area contributed by atoms with Gasteiger partial charge in [0, 0.05) is 30.0 Å². The van der Waals surface area contributed by atoms with E-state index in [2.05, 4.69) is 10.6 Å². The number of carbonyl (C=O) groups excluding carboxylic acids is 1. The summed E-state index contributed by atoms with van der Waals surface area (Å²) in [5.74, 6) is 0. The minimum absolute atomic E-state index is 0.0118. The Balaban J connectivity index is 2.64. The maximum Gasteiger partial charge on any atom is 0.319 e. The summed E-state index contributed by atoms with van der Waals surface area (Å²) < 4.78 is 0. The van der Waals surface area contributed by atoms with Crippen LogP contribution in [0.25, 0.3) is 0 Å². The fraction of sp³-hybridized carbons (Fsp3) is 0.462. The number of carbonyl (C=O) groups is 1. The van der Waals surface area contributed by atoms with Crippen molar-refractivity contribution in [2.45, 2.75) is 32.2 Å². The number of nitro groups is 1. The summed E-state index contributed by atoms with van der Waals surface area (Å²) in [6, 6.07) is 5.17. The molecule has 0 saturated heterocycles. The van der Waals surface area contributed by atoms with Gasteiger partial charge in [-0.1, -0.05) is 6.92 Å². The lowest BCUT2D eigenvalue weighted by molar-refractivity contribution is -0.384. The number of nitro benzene ring substituents is 1. The lowest BCUT2D eigenvalue weighted by Gasteiger charge is -2.28. The molecule has 0 aromatic heterocycles. The molecular formula is C13H19N3O4. The average Bonchev–Trinajstić information content (AvgIpc) is 2.39. The summed E-state index contributed by atoms with van der Waals surface area (Å²) in [4.78, 5) is 21.9. The molecule has 0 saturated carbocycles. The first-order valence-electron chi connectivity index (χ1n) is 6.34. The molecule has 20 heavy (non-hydrogen) atoms. The van der Waals surface area contributed by atoms with Crippen LogP contribution in [0.4, 0.5) is 16.2 Å². The second-order valence-electron chi connectivity index (χ2n) is 4.77. The van der Waals surface area contributed by atoms with Crippen LogP contribution in [0.15, 0.2) is 24.3 Å². The Morgan fingerprint density at radius 1 is 1.40 bits per heavy atom. The molecule has 0 fully saturated rings. The molecule has 110 valence electrons. The standard InChI is InChI=1S/C13H19N3O4/c1-3-13(2,8-9-17)15-12(18)14-10-4-6-11(7-5-10)16(19)20/h4-7,17H,3,8-9H2,1-2H3,(H2,14,15,18). The molecule has 1 aromatic carbocycles. The van der Waals surface area contributed by atoms with Gasteiger partial charge < -0.3 is 15.7 Å². The van der Waals surface area contributed by atoms with E-state index in [9.17, 15) is 14.9 Å². The van der Waals surface area contributed by atoms with Crippen LogP contribution in [0, 0.1) is 10.1 Å². The minimum atomic E-state index is -0.501. The van der Waals surface area contributed by atoms with Gasteiger partial charge in [0.05, 0.1) is 4.92 Å². The molecule has 0 aliphatic heterocycles. The molecule has 1 unspecified atom stereocenters. The molecule has 0 aliphatic rings. The fourth-order valence-electron chi connectivity index (χ4n) is 1.68. The Hall–Kier alpha value is -2.15. The van der Waals surface area contributed by atoms with Crippen LogP contribution in [-0.2, 0) is 0 Å². The number of rotatable bonds is 6. The molecule has 7 heteroatoms. The molecule has 0 aliphatic carbocycles. The summed E-state index contributed by atoms with van der Waals surface area (Å²) in [6.45, 7) is 3.75. The minimum Gasteiger partial charge on any atom is -0.396 e. The maximum absolute atomic E-state index is 11.8. The van der Waals surface area contributed by atoms with Crippen molar-refractivity contribution in [2.75, 3.05) is 11.9 Å². The molecule has 1 atom stereocenters. The SMILES string of the molecule is CCC(C)(CCO)NC(=O)Nc1ccc([N+](=O)[O-])cc1. The summed E-state index contributed by atoms with van der Waals surface area (Å²) >= 11 is 0. The second-order valence-corrected chi connectivity index (χ2v) is 4.77. The van der Waals surface area contributed by atoms with E-state index in [4.69, 9.17) is 5.11 Å².